The van der Waals surface area contributed by atoms with Crippen molar-refractivity contribution in [1.29, 1.82) is 0 Å². The highest BCUT2D eigenvalue weighted by atomic mass is 14.8. The molecule has 0 amide bonds. The van der Waals surface area contributed by atoms with E-state index in [1.807, 2.05) is 13.0 Å². The van der Waals surface area contributed by atoms with Gasteiger partial charge in [0.25, 0.3) is 0 Å². The van der Waals surface area contributed by atoms with Crippen LogP contribution in [0.1, 0.15) is 30.7 Å². The molecular formula is C9H15N3. The lowest BCUT2D eigenvalue weighted by Crippen LogP contribution is -2.13. The highest BCUT2D eigenvalue weighted by Gasteiger charge is 2.07. The van der Waals surface area contributed by atoms with Gasteiger partial charge in [-0.05, 0) is 19.4 Å². The van der Waals surface area contributed by atoms with E-state index in [0.29, 0.717) is 12.5 Å². The summed E-state index contributed by atoms with van der Waals surface area (Å²) in [4.78, 5) is 8.23. The molecule has 0 saturated heterocycles. The molecule has 2 N–H and O–H groups in total. The highest BCUT2D eigenvalue weighted by molar-refractivity contribution is 5.11. The maximum absolute atomic E-state index is 5.60. The van der Waals surface area contributed by atoms with Crippen molar-refractivity contribution in [3.8, 4) is 0 Å². The van der Waals surface area contributed by atoms with Crippen LogP contribution in [0.4, 0.5) is 0 Å². The van der Waals surface area contributed by atoms with E-state index in [9.17, 15) is 0 Å². The van der Waals surface area contributed by atoms with E-state index in [-0.39, 0.29) is 0 Å². The average molecular weight is 165 g/mol. The Morgan fingerprint density at radius 3 is 2.75 bits per heavy atom. The second kappa shape index (κ2) is 4.16. The van der Waals surface area contributed by atoms with Crippen LogP contribution in [-0.2, 0) is 0 Å². The van der Waals surface area contributed by atoms with Gasteiger partial charge >= 0.3 is 0 Å². The van der Waals surface area contributed by atoms with Gasteiger partial charge in [-0.15, -0.1) is 0 Å². The minimum Gasteiger partial charge on any atom is -0.330 e. The lowest BCUT2D eigenvalue weighted by molar-refractivity contribution is 0.650. The Bertz CT molecular complexity index is 243. The van der Waals surface area contributed by atoms with E-state index in [1.54, 1.807) is 6.33 Å². The van der Waals surface area contributed by atoms with E-state index in [1.165, 1.54) is 0 Å². The SMILES string of the molecule is CC[C@H](CN)c1cc(C)ncn1. The van der Waals surface area contributed by atoms with Crippen molar-refractivity contribution in [1.82, 2.24) is 9.97 Å². The topological polar surface area (TPSA) is 51.8 Å². The molecule has 0 aromatic carbocycles. The molecule has 1 rings (SSSR count). The van der Waals surface area contributed by atoms with Gasteiger partial charge < -0.3 is 5.73 Å². The van der Waals surface area contributed by atoms with Crippen LogP contribution in [0.25, 0.3) is 0 Å². The summed E-state index contributed by atoms with van der Waals surface area (Å²) in [6.07, 6.45) is 2.63. The first-order valence-electron chi connectivity index (χ1n) is 4.26. The van der Waals surface area contributed by atoms with Crippen LogP contribution in [0, 0.1) is 6.92 Å². The largest absolute Gasteiger partial charge is 0.330 e. The molecule has 3 heteroatoms. The number of hydrogen-bond acceptors (Lipinski definition) is 3. The minimum atomic E-state index is 0.381. The Kier molecular flexibility index (Phi) is 3.17. The van der Waals surface area contributed by atoms with Crippen LogP contribution in [0.2, 0.25) is 0 Å². The third-order valence-corrected chi connectivity index (χ3v) is 2.02. The zero-order chi connectivity index (χ0) is 8.97. The van der Waals surface area contributed by atoms with Crippen molar-refractivity contribution < 1.29 is 0 Å². The molecule has 3 nitrogen and oxygen atoms in total. The normalized spacial score (nSPS) is 12.9. The van der Waals surface area contributed by atoms with Crippen molar-refractivity contribution in [3.05, 3.63) is 23.8 Å². The van der Waals surface area contributed by atoms with Crippen molar-refractivity contribution in [2.24, 2.45) is 5.73 Å². The predicted molar refractivity (Wildman–Crippen MR) is 48.9 cm³/mol. The molecule has 1 aromatic rings. The molecular weight excluding hydrogens is 150 g/mol. The van der Waals surface area contributed by atoms with E-state index >= 15 is 0 Å². The van der Waals surface area contributed by atoms with Crippen LogP contribution in [0.5, 0.6) is 0 Å². The standard InChI is InChI=1S/C9H15N3/c1-3-8(5-10)9-4-7(2)11-6-12-9/h4,6,8H,3,5,10H2,1-2H3/t8-/m1/s1. The van der Waals surface area contributed by atoms with Crippen molar-refractivity contribution in [3.63, 3.8) is 0 Å². The highest BCUT2D eigenvalue weighted by Crippen LogP contribution is 2.14. The van der Waals surface area contributed by atoms with Crippen LogP contribution in [0.15, 0.2) is 12.4 Å². The monoisotopic (exact) mass is 165 g/mol. The first-order chi connectivity index (χ1) is 5.77. The molecule has 0 saturated carbocycles. The van der Waals surface area contributed by atoms with Crippen molar-refractivity contribution in [2.75, 3.05) is 6.54 Å². The molecule has 1 atom stereocenters. The second-order valence-electron chi connectivity index (χ2n) is 2.93. The number of nitrogens with zero attached hydrogens (tertiary/aromatic N) is 2. The van der Waals surface area contributed by atoms with Gasteiger partial charge in [0.2, 0.25) is 0 Å². The summed E-state index contributed by atoms with van der Waals surface area (Å²) in [5.41, 5.74) is 7.67. The molecule has 0 spiro atoms. The molecule has 1 aromatic heterocycles. The molecule has 0 aliphatic carbocycles. The molecule has 0 fully saturated rings. The van der Waals surface area contributed by atoms with E-state index in [0.717, 1.165) is 17.8 Å². The molecule has 0 aliphatic heterocycles. The maximum atomic E-state index is 5.60. The Morgan fingerprint density at radius 1 is 1.50 bits per heavy atom. The molecule has 0 radical (unpaired) electrons. The fraction of sp³-hybridized carbons (Fsp3) is 0.556. The van der Waals surface area contributed by atoms with E-state index in [2.05, 4.69) is 16.9 Å². The number of hydrogen-bond donors (Lipinski definition) is 1. The van der Waals surface area contributed by atoms with Gasteiger partial charge in [-0.2, -0.15) is 0 Å². The maximum Gasteiger partial charge on any atom is 0.115 e. The Hall–Kier alpha value is -0.960. The summed E-state index contributed by atoms with van der Waals surface area (Å²) < 4.78 is 0. The van der Waals surface area contributed by atoms with Gasteiger partial charge in [0.1, 0.15) is 6.33 Å². The summed E-state index contributed by atoms with van der Waals surface area (Å²) in [6.45, 7) is 4.75. The van der Waals surface area contributed by atoms with Crippen molar-refractivity contribution >= 4 is 0 Å². The molecule has 0 bridgehead atoms. The molecule has 0 aliphatic rings. The van der Waals surface area contributed by atoms with Gasteiger partial charge in [0, 0.05) is 23.9 Å². The number of aryl methyl sites for hydroxylation is 1. The van der Waals surface area contributed by atoms with E-state index in [4.69, 9.17) is 5.73 Å². The molecule has 66 valence electrons. The Morgan fingerprint density at radius 2 is 2.25 bits per heavy atom. The minimum absolute atomic E-state index is 0.381. The zero-order valence-corrected chi connectivity index (χ0v) is 7.62. The number of rotatable bonds is 3. The van der Waals surface area contributed by atoms with Crippen LogP contribution in [0.3, 0.4) is 0 Å². The average Bonchev–Trinajstić information content (AvgIpc) is 2.07. The van der Waals surface area contributed by atoms with Crippen LogP contribution in [-0.4, -0.2) is 16.5 Å². The lowest BCUT2D eigenvalue weighted by Gasteiger charge is -2.10. The van der Waals surface area contributed by atoms with Crippen LogP contribution >= 0.6 is 0 Å². The molecule has 12 heavy (non-hydrogen) atoms. The predicted octanol–water partition coefficient (Wildman–Crippen LogP) is 1.24. The fourth-order valence-corrected chi connectivity index (χ4v) is 1.19. The Balaban J connectivity index is 2.85. The summed E-state index contributed by atoms with van der Waals surface area (Å²) in [5.74, 6) is 0.381. The molecule has 1 heterocycles. The van der Waals surface area contributed by atoms with Gasteiger partial charge in [-0.1, -0.05) is 6.92 Å². The van der Waals surface area contributed by atoms with Gasteiger partial charge in [-0.25, -0.2) is 9.97 Å². The van der Waals surface area contributed by atoms with Gasteiger partial charge in [-0.3, -0.25) is 0 Å². The molecule has 0 unspecified atom stereocenters. The number of nitrogens with two attached hydrogens (primary N) is 1. The van der Waals surface area contributed by atoms with Gasteiger partial charge in [0.15, 0.2) is 0 Å². The summed E-state index contributed by atoms with van der Waals surface area (Å²) in [6, 6.07) is 2.00. The Labute approximate surface area is 73.0 Å². The van der Waals surface area contributed by atoms with Gasteiger partial charge in [0.05, 0.1) is 0 Å². The lowest BCUT2D eigenvalue weighted by atomic mass is 10.0. The first-order valence-corrected chi connectivity index (χ1v) is 4.26. The van der Waals surface area contributed by atoms with E-state index < -0.39 is 0 Å². The first kappa shape index (κ1) is 9.13. The quantitative estimate of drug-likeness (QED) is 0.733. The summed E-state index contributed by atoms with van der Waals surface area (Å²) >= 11 is 0. The van der Waals surface area contributed by atoms with Crippen LogP contribution < -0.4 is 5.73 Å². The fourth-order valence-electron chi connectivity index (χ4n) is 1.19. The summed E-state index contributed by atoms with van der Waals surface area (Å²) in [5, 5.41) is 0. The second-order valence-corrected chi connectivity index (χ2v) is 2.93. The smallest absolute Gasteiger partial charge is 0.115 e. The van der Waals surface area contributed by atoms with Crippen molar-refractivity contribution in [2.45, 2.75) is 26.2 Å². The third kappa shape index (κ3) is 2.01. The third-order valence-electron chi connectivity index (χ3n) is 2.02. The summed E-state index contributed by atoms with van der Waals surface area (Å²) in [7, 11) is 0. The zero-order valence-electron chi connectivity index (χ0n) is 7.62. The number of aromatic nitrogens is 2.